The average Bonchev–Trinajstić information content (AvgIpc) is 2.61. The van der Waals surface area contributed by atoms with E-state index in [0.717, 1.165) is 19.3 Å². The molecular weight excluding hydrogens is 316 g/mol. The maximum absolute atomic E-state index is 12.7. The van der Waals surface area contributed by atoms with Crippen LogP contribution in [-0.2, 0) is 12.8 Å². The van der Waals surface area contributed by atoms with Gasteiger partial charge in [0.15, 0.2) is 0 Å². The lowest BCUT2D eigenvalue weighted by atomic mass is 10.0. The Morgan fingerprint density at radius 2 is 1.88 bits per heavy atom. The van der Waals surface area contributed by atoms with E-state index < -0.39 is 5.63 Å². The van der Waals surface area contributed by atoms with E-state index in [1.807, 2.05) is 36.4 Å². The molecular formula is C20H24N2O3. The van der Waals surface area contributed by atoms with Crippen molar-refractivity contribution in [3.8, 4) is 0 Å². The van der Waals surface area contributed by atoms with Crippen LogP contribution in [0, 0.1) is 6.92 Å². The standard InChI is InChI=1S/C20H24N2O3/c1-14-13-17(8-7-15-5-3-2-4-6-15)25-20(24)18(14)19(23)22-11-9-16(21)10-12-22/h2-6,13,16H,7-12,21H2,1H3. The SMILES string of the molecule is Cc1cc(CCc2ccccc2)oc(=O)c1C(=O)N1CCC(N)CC1. The van der Waals surface area contributed by atoms with E-state index in [9.17, 15) is 9.59 Å². The number of amides is 1. The van der Waals surface area contributed by atoms with Gasteiger partial charge in [-0.3, -0.25) is 4.79 Å². The lowest BCUT2D eigenvalue weighted by Crippen LogP contribution is -2.44. The fourth-order valence-electron chi connectivity index (χ4n) is 3.23. The summed E-state index contributed by atoms with van der Waals surface area (Å²) in [5, 5.41) is 0. The number of carbonyl (C=O) groups is 1. The molecule has 3 rings (SSSR count). The monoisotopic (exact) mass is 340 g/mol. The fraction of sp³-hybridized carbons (Fsp3) is 0.400. The highest BCUT2D eigenvalue weighted by Crippen LogP contribution is 2.15. The van der Waals surface area contributed by atoms with E-state index in [-0.39, 0.29) is 17.5 Å². The lowest BCUT2D eigenvalue weighted by molar-refractivity contribution is 0.0709. The molecule has 1 amide bonds. The second-order valence-electron chi connectivity index (χ2n) is 6.67. The van der Waals surface area contributed by atoms with Gasteiger partial charge in [0.25, 0.3) is 5.91 Å². The highest BCUT2D eigenvalue weighted by Gasteiger charge is 2.26. The van der Waals surface area contributed by atoms with Crippen LogP contribution in [0.5, 0.6) is 0 Å². The molecule has 1 aromatic heterocycles. The van der Waals surface area contributed by atoms with Crippen molar-refractivity contribution in [2.24, 2.45) is 5.73 Å². The molecule has 5 heteroatoms. The molecule has 0 bridgehead atoms. The zero-order valence-corrected chi connectivity index (χ0v) is 14.5. The minimum absolute atomic E-state index is 0.141. The van der Waals surface area contributed by atoms with Crippen molar-refractivity contribution in [2.45, 2.75) is 38.6 Å². The van der Waals surface area contributed by atoms with Gasteiger partial charge >= 0.3 is 5.63 Å². The summed E-state index contributed by atoms with van der Waals surface area (Å²) >= 11 is 0. The number of aryl methyl sites for hydroxylation is 3. The number of nitrogens with zero attached hydrogens (tertiary/aromatic N) is 1. The number of carbonyl (C=O) groups excluding carboxylic acids is 1. The van der Waals surface area contributed by atoms with E-state index in [2.05, 4.69) is 0 Å². The largest absolute Gasteiger partial charge is 0.427 e. The average molecular weight is 340 g/mol. The molecule has 2 aromatic rings. The van der Waals surface area contributed by atoms with Crippen LogP contribution < -0.4 is 11.4 Å². The third-order valence-electron chi connectivity index (χ3n) is 4.74. The maximum Gasteiger partial charge on any atom is 0.349 e. The topological polar surface area (TPSA) is 76.5 Å². The van der Waals surface area contributed by atoms with Gasteiger partial charge in [-0.1, -0.05) is 30.3 Å². The Morgan fingerprint density at radius 3 is 2.52 bits per heavy atom. The van der Waals surface area contributed by atoms with E-state index >= 15 is 0 Å². The molecule has 0 saturated carbocycles. The number of piperidine rings is 1. The first kappa shape index (κ1) is 17.4. The molecule has 0 spiro atoms. The van der Waals surface area contributed by atoms with Crippen molar-refractivity contribution in [3.05, 3.63) is 69.3 Å². The molecule has 25 heavy (non-hydrogen) atoms. The summed E-state index contributed by atoms with van der Waals surface area (Å²) in [4.78, 5) is 26.7. The van der Waals surface area contributed by atoms with Gasteiger partial charge in [-0.2, -0.15) is 0 Å². The quantitative estimate of drug-likeness (QED) is 0.926. The van der Waals surface area contributed by atoms with Gasteiger partial charge in [0.2, 0.25) is 0 Å². The van der Waals surface area contributed by atoms with Crippen LogP contribution in [0.1, 0.15) is 40.1 Å². The molecule has 132 valence electrons. The van der Waals surface area contributed by atoms with Crippen LogP contribution in [0.15, 0.2) is 45.6 Å². The van der Waals surface area contributed by atoms with E-state index in [4.69, 9.17) is 10.2 Å². The van der Waals surface area contributed by atoms with Gasteiger partial charge < -0.3 is 15.1 Å². The summed E-state index contributed by atoms with van der Waals surface area (Å²) in [5.41, 5.74) is 7.36. The summed E-state index contributed by atoms with van der Waals surface area (Å²) in [6.07, 6.45) is 2.96. The molecule has 1 aromatic carbocycles. The van der Waals surface area contributed by atoms with Crippen molar-refractivity contribution in [2.75, 3.05) is 13.1 Å². The fourth-order valence-corrected chi connectivity index (χ4v) is 3.23. The van der Waals surface area contributed by atoms with Gasteiger partial charge in [0, 0.05) is 25.6 Å². The van der Waals surface area contributed by atoms with E-state index in [1.54, 1.807) is 11.8 Å². The third kappa shape index (κ3) is 4.17. The summed E-state index contributed by atoms with van der Waals surface area (Å²) < 4.78 is 5.42. The second-order valence-corrected chi connectivity index (χ2v) is 6.67. The van der Waals surface area contributed by atoms with Crippen LogP contribution in [0.2, 0.25) is 0 Å². The summed E-state index contributed by atoms with van der Waals surface area (Å²) in [6, 6.07) is 12.0. The zero-order chi connectivity index (χ0) is 17.8. The first-order chi connectivity index (χ1) is 12.0. The Bertz CT molecular complexity index is 790. The number of hydrogen-bond donors (Lipinski definition) is 1. The van der Waals surface area contributed by atoms with Crippen molar-refractivity contribution in [1.29, 1.82) is 0 Å². The molecule has 1 aliphatic rings. The third-order valence-corrected chi connectivity index (χ3v) is 4.74. The van der Waals surface area contributed by atoms with Gasteiger partial charge in [0.1, 0.15) is 11.3 Å². The molecule has 5 nitrogen and oxygen atoms in total. The molecule has 1 fully saturated rings. The molecule has 0 unspecified atom stereocenters. The lowest BCUT2D eigenvalue weighted by Gasteiger charge is -2.30. The van der Waals surface area contributed by atoms with Gasteiger partial charge in [-0.05, 0) is 43.4 Å². The summed E-state index contributed by atoms with van der Waals surface area (Å²) in [5.74, 6) is 0.372. The van der Waals surface area contributed by atoms with Crippen molar-refractivity contribution < 1.29 is 9.21 Å². The number of hydrogen-bond acceptors (Lipinski definition) is 4. The molecule has 1 saturated heterocycles. The Kier molecular flexibility index (Phi) is 5.34. The molecule has 0 aliphatic carbocycles. The first-order valence-corrected chi connectivity index (χ1v) is 8.77. The first-order valence-electron chi connectivity index (χ1n) is 8.77. The van der Waals surface area contributed by atoms with Crippen LogP contribution in [-0.4, -0.2) is 29.9 Å². The number of benzene rings is 1. The van der Waals surface area contributed by atoms with Crippen molar-refractivity contribution >= 4 is 5.91 Å². The molecule has 1 aliphatic heterocycles. The van der Waals surface area contributed by atoms with Crippen LogP contribution in [0.4, 0.5) is 0 Å². The normalized spacial score (nSPS) is 15.4. The Morgan fingerprint density at radius 1 is 1.20 bits per heavy atom. The molecule has 2 heterocycles. The number of likely N-dealkylation sites (tertiary alicyclic amines) is 1. The van der Waals surface area contributed by atoms with Gasteiger partial charge in [0.05, 0.1) is 0 Å². The zero-order valence-electron chi connectivity index (χ0n) is 14.5. The Labute approximate surface area is 147 Å². The molecule has 0 radical (unpaired) electrons. The van der Waals surface area contributed by atoms with Gasteiger partial charge in [-0.15, -0.1) is 0 Å². The smallest absolute Gasteiger partial charge is 0.349 e. The predicted molar refractivity (Wildman–Crippen MR) is 96.7 cm³/mol. The maximum atomic E-state index is 12.7. The summed E-state index contributed by atoms with van der Waals surface area (Å²) in [6.45, 7) is 2.98. The second kappa shape index (κ2) is 7.66. The highest BCUT2D eigenvalue weighted by atomic mass is 16.4. The predicted octanol–water partition coefficient (Wildman–Crippen LogP) is 2.30. The van der Waals surface area contributed by atoms with Crippen LogP contribution in [0.3, 0.4) is 0 Å². The van der Waals surface area contributed by atoms with Crippen LogP contribution >= 0.6 is 0 Å². The minimum atomic E-state index is -0.539. The van der Waals surface area contributed by atoms with Crippen molar-refractivity contribution in [3.63, 3.8) is 0 Å². The summed E-state index contributed by atoms with van der Waals surface area (Å²) in [7, 11) is 0. The van der Waals surface area contributed by atoms with Gasteiger partial charge in [-0.25, -0.2) is 4.79 Å². The highest BCUT2D eigenvalue weighted by molar-refractivity contribution is 5.95. The molecule has 2 N–H and O–H groups in total. The molecule has 0 atom stereocenters. The van der Waals surface area contributed by atoms with Crippen LogP contribution in [0.25, 0.3) is 0 Å². The Hall–Kier alpha value is -2.40. The number of rotatable bonds is 4. The number of nitrogens with two attached hydrogens (primary N) is 1. The van der Waals surface area contributed by atoms with E-state index in [1.165, 1.54) is 5.56 Å². The van der Waals surface area contributed by atoms with Crippen molar-refractivity contribution in [1.82, 2.24) is 4.90 Å². The minimum Gasteiger partial charge on any atom is -0.427 e. The Balaban J connectivity index is 1.74. The van der Waals surface area contributed by atoms with E-state index in [0.29, 0.717) is 30.8 Å².